The fourth-order valence-corrected chi connectivity index (χ4v) is 9.76. The van der Waals surface area contributed by atoms with E-state index >= 15 is 8.78 Å². The molecule has 262 valence electrons. The van der Waals surface area contributed by atoms with E-state index in [9.17, 15) is 34.0 Å². The number of alkyl halides is 2. The van der Waals surface area contributed by atoms with Gasteiger partial charge in [0, 0.05) is 22.8 Å². The number of fused-ring (bicyclic) bond motifs is 3. The fourth-order valence-electron chi connectivity index (χ4n) is 7.28. The van der Waals surface area contributed by atoms with Crippen LogP contribution in [0.15, 0.2) is 24.3 Å². The number of thiophene rings is 1. The number of benzene rings is 1. The number of carboxylic acid groups (broad SMARTS) is 1. The number of halogens is 2. The quantitative estimate of drug-likeness (QED) is 0.266. The molecule has 4 heterocycles. The molecular formula is C31H39F2N4O9PS. The lowest BCUT2D eigenvalue weighted by Crippen LogP contribution is -2.58. The Morgan fingerprint density at radius 3 is 2.42 bits per heavy atom. The van der Waals surface area contributed by atoms with Crippen molar-refractivity contribution >= 4 is 52.8 Å². The molecule has 0 bridgehead atoms. The number of hydrogen-bond acceptors (Lipinski definition) is 9. The SMILES string of the molecule is CCOP(=O)(OCC)C(F)(F)c1ccc2sc(C(=O)N[C@H]3C[C@@H]4C[C@@H]4C[C@H]4CC[C@@H](C(=O)N[C@H]5CN(C(=O)O)C[C@@H]5O)N4C3=O)cc2c1. The van der Waals surface area contributed by atoms with Gasteiger partial charge in [-0.1, -0.05) is 6.07 Å². The molecule has 48 heavy (non-hydrogen) atoms. The molecule has 2 aromatic rings. The van der Waals surface area contributed by atoms with Gasteiger partial charge >= 0.3 is 19.4 Å². The van der Waals surface area contributed by atoms with Crippen LogP contribution in [-0.2, 0) is 28.9 Å². The van der Waals surface area contributed by atoms with Crippen molar-refractivity contribution in [3.63, 3.8) is 0 Å². The molecule has 0 spiro atoms. The predicted molar refractivity (Wildman–Crippen MR) is 170 cm³/mol. The molecule has 1 saturated carbocycles. The average molecular weight is 713 g/mol. The maximum absolute atomic E-state index is 15.4. The van der Waals surface area contributed by atoms with E-state index in [4.69, 9.17) is 9.05 Å². The van der Waals surface area contributed by atoms with Crippen LogP contribution >= 0.6 is 18.9 Å². The zero-order chi connectivity index (χ0) is 34.5. The minimum Gasteiger partial charge on any atom is -0.465 e. The van der Waals surface area contributed by atoms with E-state index in [1.54, 1.807) is 4.90 Å². The van der Waals surface area contributed by atoms with Crippen LogP contribution in [0, 0.1) is 11.8 Å². The van der Waals surface area contributed by atoms with Gasteiger partial charge in [0.05, 0.1) is 36.8 Å². The van der Waals surface area contributed by atoms with E-state index < -0.39 is 61.0 Å². The predicted octanol–water partition coefficient (Wildman–Crippen LogP) is 3.94. The Balaban J connectivity index is 1.19. The smallest absolute Gasteiger partial charge is 0.407 e. The van der Waals surface area contributed by atoms with Gasteiger partial charge < -0.3 is 39.7 Å². The first-order valence-corrected chi connectivity index (χ1v) is 18.5. The molecule has 1 aliphatic carbocycles. The van der Waals surface area contributed by atoms with Gasteiger partial charge in [0.15, 0.2) is 0 Å². The maximum Gasteiger partial charge on any atom is 0.407 e. The average Bonchev–Trinajstić information content (AvgIpc) is 3.34. The van der Waals surface area contributed by atoms with Crippen molar-refractivity contribution < 1.29 is 51.8 Å². The molecule has 6 rings (SSSR count). The molecule has 4 N–H and O–H groups in total. The zero-order valence-electron chi connectivity index (χ0n) is 26.5. The molecule has 17 heteroatoms. The molecule has 1 aromatic heterocycles. The van der Waals surface area contributed by atoms with Crippen molar-refractivity contribution in [2.75, 3.05) is 26.3 Å². The summed E-state index contributed by atoms with van der Waals surface area (Å²) in [5.74, 6) is -0.809. The van der Waals surface area contributed by atoms with E-state index in [1.807, 2.05) is 0 Å². The Labute approximate surface area is 279 Å². The molecular weight excluding hydrogens is 673 g/mol. The second-order valence-corrected chi connectivity index (χ2v) is 16.0. The molecule has 3 saturated heterocycles. The second kappa shape index (κ2) is 13.3. The number of aliphatic hydroxyl groups is 1. The van der Waals surface area contributed by atoms with Gasteiger partial charge in [-0.15, -0.1) is 11.3 Å². The fraction of sp³-hybridized carbons (Fsp3) is 0.613. The van der Waals surface area contributed by atoms with E-state index in [1.165, 1.54) is 26.0 Å². The summed E-state index contributed by atoms with van der Waals surface area (Å²) < 4.78 is 54.1. The molecule has 4 aliphatic rings. The summed E-state index contributed by atoms with van der Waals surface area (Å²) in [6.07, 6.45) is 0.781. The number of β-amino-alcohol motifs (C(OH)–C–C–N with tert-alkyl or cyclic N) is 1. The number of aliphatic hydroxyl groups excluding tert-OH is 1. The summed E-state index contributed by atoms with van der Waals surface area (Å²) in [5, 5.41) is 25.5. The highest BCUT2D eigenvalue weighted by Gasteiger charge is 2.55. The van der Waals surface area contributed by atoms with Crippen molar-refractivity contribution in [2.45, 2.75) is 81.9 Å². The monoisotopic (exact) mass is 712 g/mol. The van der Waals surface area contributed by atoms with Crippen molar-refractivity contribution in [3.8, 4) is 0 Å². The summed E-state index contributed by atoms with van der Waals surface area (Å²) in [6, 6.07) is 2.37. The first kappa shape index (κ1) is 34.7. The zero-order valence-corrected chi connectivity index (χ0v) is 28.2. The summed E-state index contributed by atoms with van der Waals surface area (Å²) >= 11 is 1.06. The van der Waals surface area contributed by atoms with Crippen LogP contribution in [0.3, 0.4) is 0 Å². The lowest BCUT2D eigenvalue weighted by Gasteiger charge is -2.35. The third-order valence-electron chi connectivity index (χ3n) is 9.76. The molecule has 4 fully saturated rings. The number of amides is 4. The van der Waals surface area contributed by atoms with Crippen LogP contribution in [-0.4, -0.2) is 100 Å². The third kappa shape index (κ3) is 6.45. The van der Waals surface area contributed by atoms with Gasteiger partial charge in [0.2, 0.25) is 11.8 Å². The van der Waals surface area contributed by atoms with Crippen LogP contribution in [0.5, 0.6) is 0 Å². The second-order valence-electron chi connectivity index (χ2n) is 12.9. The molecule has 1 aromatic carbocycles. The molecule has 4 amide bonds. The summed E-state index contributed by atoms with van der Waals surface area (Å²) in [6.45, 7) is 2.21. The minimum absolute atomic E-state index is 0.0680. The first-order chi connectivity index (χ1) is 22.8. The Morgan fingerprint density at radius 1 is 1.04 bits per heavy atom. The van der Waals surface area contributed by atoms with E-state index in [0.29, 0.717) is 35.3 Å². The van der Waals surface area contributed by atoms with Gasteiger partial charge in [-0.05, 0) is 81.4 Å². The molecule has 0 radical (unpaired) electrons. The lowest BCUT2D eigenvalue weighted by atomic mass is 9.99. The Kier molecular flexibility index (Phi) is 9.59. The van der Waals surface area contributed by atoms with E-state index in [-0.39, 0.29) is 49.0 Å². The number of carbonyl (C=O) groups excluding carboxylic acids is 3. The summed E-state index contributed by atoms with van der Waals surface area (Å²) in [5.41, 5.74) is -4.52. The number of nitrogens with one attached hydrogen (secondary N) is 2. The first-order valence-electron chi connectivity index (χ1n) is 16.2. The van der Waals surface area contributed by atoms with Gasteiger partial charge in [0.1, 0.15) is 12.1 Å². The van der Waals surface area contributed by atoms with Crippen molar-refractivity contribution in [1.82, 2.24) is 20.4 Å². The van der Waals surface area contributed by atoms with Crippen molar-refractivity contribution in [2.24, 2.45) is 11.8 Å². The highest BCUT2D eigenvalue weighted by molar-refractivity contribution is 7.54. The van der Waals surface area contributed by atoms with Crippen LogP contribution < -0.4 is 10.6 Å². The minimum atomic E-state index is -4.83. The number of carbonyl (C=O) groups is 4. The van der Waals surface area contributed by atoms with Crippen molar-refractivity contribution in [1.29, 1.82) is 0 Å². The standard InChI is InChI=1S/C31H39F2N4O9PS/c1-3-45-47(44,46-4-2)31(32,33)19-5-8-25-18(10-19)13-26(48-25)28(40)34-21-12-17-9-16(17)11-20-6-7-23(37(20)29(21)41)27(39)35-22-14-36(30(42)43)15-24(22)38/h5,8,10,13,16-17,20-24,38H,3-4,6-7,9,11-12,14-15H2,1-2H3,(H,34,40)(H,35,39)(H,42,43)/t16-,17+,20-,21+,22+,23+,24+/m1/s1. The van der Waals surface area contributed by atoms with Crippen LogP contribution in [0.2, 0.25) is 0 Å². The third-order valence-corrected chi connectivity index (χ3v) is 13.0. The molecule has 7 atom stereocenters. The van der Waals surface area contributed by atoms with Gasteiger partial charge in [-0.25, -0.2) is 4.79 Å². The van der Waals surface area contributed by atoms with E-state index in [0.717, 1.165) is 41.2 Å². The van der Waals surface area contributed by atoms with Crippen LogP contribution in [0.25, 0.3) is 10.1 Å². The van der Waals surface area contributed by atoms with Crippen LogP contribution in [0.1, 0.15) is 61.2 Å². The number of rotatable bonds is 10. The lowest BCUT2D eigenvalue weighted by molar-refractivity contribution is -0.143. The molecule has 0 unspecified atom stereocenters. The Morgan fingerprint density at radius 2 is 1.75 bits per heavy atom. The summed E-state index contributed by atoms with van der Waals surface area (Å²) in [4.78, 5) is 55.2. The Hall–Kier alpha value is -3.17. The number of likely N-dealkylation sites (tertiary alicyclic amines) is 1. The van der Waals surface area contributed by atoms with Crippen molar-refractivity contribution in [3.05, 3.63) is 34.7 Å². The van der Waals surface area contributed by atoms with Gasteiger partial charge in [0.25, 0.3) is 5.91 Å². The van der Waals surface area contributed by atoms with E-state index in [2.05, 4.69) is 10.6 Å². The Bertz CT molecular complexity index is 1650. The number of hydrogen-bond donors (Lipinski definition) is 4. The largest absolute Gasteiger partial charge is 0.465 e. The highest BCUT2D eigenvalue weighted by Crippen LogP contribution is 2.67. The molecule has 3 aliphatic heterocycles. The molecule has 13 nitrogen and oxygen atoms in total. The van der Waals surface area contributed by atoms with Gasteiger partial charge in [-0.3, -0.25) is 18.9 Å². The van der Waals surface area contributed by atoms with Gasteiger partial charge in [-0.2, -0.15) is 8.78 Å². The maximum atomic E-state index is 15.4. The number of nitrogens with zero attached hydrogens (tertiary/aromatic N) is 2. The highest BCUT2D eigenvalue weighted by atomic mass is 32.1. The summed E-state index contributed by atoms with van der Waals surface area (Å²) in [7, 11) is -4.83. The topological polar surface area (TPSA) is 175 Å². The normalized spacial score (nSPS) is 28.9. The van der Waals surface area contributed by atoms with Crippen LogP contribution in [0.4, 0.5) is 13.6 Å².